The van der Waals surface area contributed by atoms with E-state index in [1.807, 2.05) is 0 Å². The average molecular weight is 156 g/mol. The third kappa shape index (κ3) is 2.46. The van der Waals surface area contributed by atoms with Crippen molar-refractivity contribution in [2.24, 2.45) is 11.8 Å². The molecule has 0 aromatic rings. The second-order valence-corrected chi connectivity index (χ2v) is 3.61. The molecule has 0 aliphatic heterocycles. The lowest BCUT2D eigenvalue weighted by Crippen LogP contribution is -2.42. The monoisotopic (exact) mass is 156 g/mol. The Labute approximate surface area is 69.5 Å². The molecule has 2 nitrogen and oxygen atoms in total. The normalized spacial score (nSPS) is 32.2. The van der Waals surface area contributed by atoms with Crippen LogP contribution in [0.2, 0.25) is 0 Å². The number of nitrogens with two attached hydrogens (primary N) is 1. The van der Waals surface area contributed by atoms with Crippen LogP contribution < -0.4 is 11.3 Å². The van der Waals surface area contributed by atoms with Gasteiger partial charge in [0, 0.05) is 6.04 Å². The Morgan fingerprint density at radius 1 is 1.36 bits per heavy atom. The number of hydrogen-bond donors (Lipinski definition) is 2. The number of hydrazine groups is 1. The average Bonchev–Trinajstić information content (AvgIpc) is 2.06. The van der Waals surface area contributed by atoms with Crippen molar-refractivity contribution in [3.63, 3.8) is 0 Å². The standard InChI is InChI=1S/C9H20N2/c1-2-5-8-6-3-4-7-9(8)11-10/h8-9,11H,2-7,10H2,1H3/t8-,9+/m1/s1. The van der Waals surface area contributed by atoms with Gasteiger partial charge < -0.3 is 0 Å². The molecule has 0 amide bonds. The molecule has 2 atom stereocenters. The van der Waals surface area contributed by atoms with E-state index in [1.165, 1.54) is 38.5 Å². The first-order chi connectivity index (χ1) is 5.38. The molecule has 1 aliphatic carbocycles. The van der Waals surface area contributed by atoms with Gasteiger partial charge in [-0.2, -0.15) is 0 Å². The summed E-state index contributed by atoms with van der Waals surface area (Å²) in [5, 5.41) is 0. The van der Waals surface area contributed by atoms with E-state index >= 15 is 0 Å². The Hall–Kier alpha value is -0.0800. The quantitative estimate of drug-likeness (QED) is 0.483. The van der Waals surface area contributed by atoms with Gasteiger partial charge in [-0.1, -0.05) is 26.2 Å². The summed E-state index contributed by atoms with van der Waals surface area (Å²) in [5.41, 5.74) is 2.94. The molecule has 1 saturated carbocycles. The van der Waals surface area contributed by atoms with Gasteiger partial charge in [0.05, 0.1) is 0 Å². The Balaban J connectivity index is 2.31. The summed E-state index contributed by atoms with van der Waals surface area (Å²) >= 11 is 0. The minimum absolute atomic E-state index is 0.601. The molecule has 1 rings (SSSR count). The van der Waals surface area contributed by atoms with Crippen molar-refractivity contribution in [2.75, 3.05) is 0 Å². The molecule has 0 bridgehead atoms. The minimum atomic E-state index is 0.601. The third-order valence-corrected chi connectivity index (χ3v) is 2.78. The molecule has 0 unspecified atom stereocenters. The number of rotatable bonds is 3. The molecule has 0 radical (unpaired) electrons. The smallest absolute Gasteiger partial charge is 0.0238 e. The van der Waals surface area contributed by atoms with Crippen molar-refractivity contribution in [1.29, 1.82) is 0 Å². The first-order valence-electron chi connectivity index (χ1n) is 4.84. The van der Waals surface area contributed by atoms with Crippen molar-refractivity contribution in [2.45, 2.75) is 51.5 Å². The van der Waals surface area contributed by atoms with E-state index in [1.54, 1.807) is 0 Å². The van der Waals surface area contributed by atoms with E-state index in [9.17, 15) is 0 Å². The van der Waals surface area contributed by atoms with Gasteiger partial charge in [-0.3, -0.25) is 11.3 Å². The largest absolute Gasteiger partial charge is 0.271 e. The maximum Gasteiger partial charge on any atom is 0.0238 e. The zero-order valence-electron chi connectivity index (χ0n) is 7.47. The van der Waals surface area contributed by atoms with E-state index in [4.69, 9.17) is 5.84 Å². The summed E-state index contributed by atoms with van der Waals surface area (Å²) in [4.78, 5) is 0. The van der Waals surface area contributed by atoms with Crippen LogP contribution in [0.25, 0.3) is 0 Å². The van der Waals surface area contributed by atoms with Crippen molar-refractivity contribution in [1.82, 2.24) is 5.43 Å². The molecule has 0 spiro atoms. The summed E-state index contributed by atoms with van der Waals surface area (Å²) < 4.78 is 0. The molecule has 11 heavy (non-hydrogen) atoms. The highest BCUT2D eigenvalue weighted by Crippen LogP contribution is 2.27. The lowest BCUT2D eigenvalue weighted by Gasteiger charge is -2.30. The van der Waals surface area contributed by atoms with Gasteiger partial charge in [0.15, 0.2) is 0 Å². The summed E-state index contributed by atoms with van der Waals surface area (Å²) in [6.45, 7) is 2.25. The molecule has 3 N–H and O–H groups in total. The lowest BCUT2D eigenvalue weighted by atomic mass is 9.82. The Morgan fingerprint density at radius 2 is 2.09 bits per heavy atom. The Kier molecular flexibility index (Phi) is 3.87. The molecule has 0 aromatic carbocycles. The summed E-state index contributed by atoms with van der Waals surface area (Å²) in [6.07, 6.45) is 8.06. The molecule has 66 valence electrons. The fourth-order valence-electron chi connectivity index (χ4n) is 2.14. The maximum atomic E-state index is 5.47. The minimum Gasteiger partial charge on any atom is -0.271 e. The van der Waals surface area contributed by atoms with Crippen LogP contribution in [0, 0.1) is 5.92 Å². The predicted molar refractivity (Wildman–Crippen MR) is 48.0 cm³/mol. The Morgan fingerprint density at radius 3 is 2.73 bits per heavy atom. The first-order valence-corrected chi connectivity index (χ1v) is 4.84. The van der Waals surface area contributed by atoms with E-state index in [0.717, 1.165) is 5.92 Å². The highest BCUT2D eigenvalue weighted by atomic mass is 15.2. The fourth-order valence-corrected chi connectivity index (χ4v) is 2.14. The number of nitrogens with one attached hydrogen (secondary N) is 1. The van der Waals surface area contributed by atoms with E-state index in [2.05, 4.69) is 12.3 Å². The molecular weight excluding hydrogens is 136 g/mol. The zero-order valence-corrected chi connectivity index (χ0v) is 7.47. The topological polar surface area (TPSA) is 38.0 Å². The van der Waals surface area contributed by atoms with Gasteiger partial charge in [-0.15, -0.1) is 0 Å². The molecule has 1 aliphatic rings. The van der Waals surface area contributed by atoms with E-state index in [0.29, 0.717) is 6.04 Å². The number of hydrogen-bond acceptors (Lipinski definition) is 2. The van der Waals surface area contributed by atoms with Crippen LogP contribution in [-0.2, 0) is 0 Å². The first kappa shape index (κ1) is 9.01. The molecular formula is C9H20N2. The predicted octanol–water partition coefficient (Wildman–Crippen LogP) is 1.81. The molecule has 2 heteroatoms. The van der Waals surface area contributed by atoms with Crippen molar-refractivity contribution >= 4 is 0 Å². The van der Waals surface area contributed by atoms with Gasteiger partial charge >= 0.3 is 0 Å². The van der Waals surface area contributed by atoms with E-state index in [-0.39, 0.29) is 0 Å². The van der Waals surface area contributed by atoms with Crippen molar-refractivity contribution < 1.29 is 0 Å². The van der Waals surface area contributed by atoms with Gasteiger partial charge in [0.2, 0.25) is 0 Å². The third-order valence-electron chi connectivity index (χ3n) is 2.78. The van der Waals surface area contributed by atoms with Crippen molar-refractivity contribution in [3.8, 4) is 0 Å². The van der Waals surface area contributed by atoms with Crippen LogP contribution >= 0.6 is 0 Å². The fraction of sp³-hybridized carbons (Fsp3) is 1.00. The molecule has 0 aromatic heterocycles. The van der Waals surface area contributed by atoms with Gasteiger partial charge in [-0.25, -0.2) is 0 Å². The van der Waals surface area contributed by atoms with Crippen LogP contribution in [-0.4, -0.2) is 6.04 Å². The summed E-state index contributed by atoms with van der Waals surface area (Å²) in [6, 6.07) is 0.601. The van der Waals surface area contributed by atoms with Gasteiger partial charge in [0.1, 0.15) is 0 Å². The van der Waals surface area contributed by atoms with Crippen LogP contribution in [0.4, 0.5) is 0 Å². The highest BCUT2D eigenvalue weighted by molar-refractivity contribution is 4.78. The van der Waals surface area contributed by atoms with Crippen LogP contribution in [0.5, 0.6) is 0 Å². The molecule has 0 saturated heterocycles. The van der Waals surface area contributed by atoms with E-state index < -0.39 is 0 Å². The molecule has 0 heterocycles. The Bertz CT molecular complexity index is 102. The van der Waals surface area contributed by atoms with Gasteiger partial charge in [0.25, 0.3) is 0 Å². The highest BCUT2D eigenvalue weighted by Gasteiger charge is 2.22. The zero-order chi connectivity index (χ0) is 8.10. The van der Waals surface area contributed by atoms with Crippen LogP contribution in [0.15, 0.2) is 0 Å². The SMILES string of the molecule is CCC[C@@H]1CCCC[C@@H]1NN. The maximum absolute atomic E-state index is 5.47. The van der Waals surface area contributed by atoms with Crippen LogP contribution in [0.3, 0.4) is 0 Å². The molecule has 1 fully saturated rings. The summed E-state index contributed by atoms with van der Waals surface area (Å²) in [7, 11) is 0. The second kappa shape index (κ2) is 4.73. The van der Waals surface area contributed by atoms with Crippen LogP contribution in [0.1, 0.15) is 45.4 Å². The lowest BCUT2D eigenvalue weighted by molar-refractivity contribution is 0.250. The van der Waals surface area contributed by atoms with Crippen molar-refractivity contribution in [3.05, 3.63) is 0 Å². The summed E-state index contributed by atoms with van der Waals surface area (Å²) in [5.74, 6) is 6.32. The second-order valence-electron chi connectivity index (χ2n) is 3.61. The van der Waals surface area contributed by atoms with Gasteiger partial charge in [-0.05, 0) is 25.2 Å².